The number of carbonyl (C=O) groups is 1. The molecule has 0 fully saturated rings. The molecular formula is CH2CuNNaO5. The van der Waals surface area contributed by atoms with Crippen molar-refractivity contribution in [2.45, 2.75) is 0 Å². The first-order valence-corrected chi connectivity index (χ1v) is 1.18. The molecule has 8 heteroatoms. The standard InChI is InChI=1S/CHNO5.Cu.Na.H/c3-1(4)7-2(5)6;;;/h(H,3,4);;;/q;;+1;-1. The van der Waals surface area contributed by atoms with Crippen LogP contribution in [0.3, 0.4) is 0 Å². The summed E-state index contributed by atoms with van der Waals surface area (Å²) in [5.74, 6) is 0. The molecule has 0 rings (SSSR count). The van der Waals surface area contributed by atoms with Crippen molar-refractivity contribution >= 4 is 6.16 Å². The first kappa shape index (κ1) is 16.1. The van der Waals surface area contributed by atoms with E-state index >= 15 is 0 Å². The molecule has 1 radical (unpaired) electrons. The van der Waals surface area contributed by atoms with Crippen molar-refractivity contribution in [3.05, 3.63) is 10.1 Å². The molecule has 9 heavy (non-hydrogen) atoms. The maximum absolute atomic E-state index is 9.15. The number of hydrogen-bond donors (Lipinski definition) is 1. The van der Waals surface area contributed by atoms with Crippen molar-refractivity contribution in [3.63, 3.8) is 0 Å². The Labute approximate surface area is 83.9 Å². The Morgan fingerprint density at radius 3 is 2.11 bits per heavy atom. The van der Waals surface area contributed by atoms with E-state index in [1.165, 1.54) is 0 Å². The molecule has 53 valence electrons. The van der Waals surface area contributed by atoms with Crippen molar-refractivity contribution in [3.8, 4) is 0 Å². The van der Waals surface area contributed by atoms with Crippen LogP contribution in [0, 0.1) is 10.1 Å². The first-order valence-electron chi connectivity index (χ1n) is 1.18. The summed E-state index contributed by atoms with van der Waals surface area (Å²) in [4.78, 5) is 21.0. The minimum absolute atomic E-state index is 0. The molecule has 0 bridgehead atoms. The molecule has 1 N–H and O–H groups in total. The van der Waals surface area contributed by atoms with E-state index in [0.29, 0.717) is 0 Å². The molecule has 6 nitrogen and oxygen atoms in total. The van der Waals surface area contributed by atoms with Crippen molar-refractivity contribution < 1.29 is 67.9 Å². The third-order valence-corrected chi connectivity index (χ3v) is 0.153. The second kappa shape index (κ2) is 8.19. The average molecular weight is 195 g/mol. The summed E-state index contributed by atoms with van der Waals surface area (Å²) in [7, 11) is 0. The number of hydrogen-bond acceptors (Lipinski definition) is 4. The molecular weight excluding hydrogens is 193 g/mol. The van der Waals surface area contributed by atoms with Gasteiger partial charge in [-0.2, -0.15) is 4.84 Å². The van der Waals surface area contributed by atoms with E-state index in [9.17, 15) is 0 Å². The Bertz CT molecular complexity index is 97.8. The van der Waals surface area contributed by atoms with Gasteiger partial charge < -0.3 is 6.53 Å². The van der Waals surface area contributed by atoms with Gasteiger partial charge in [0, 0.05) is 17.1 Å². The minimum Gasteiger partial charge on any atom is -1.00 e. The number of rotatable bonds is 1. The first-order chi connectivity index (χ1) is 3.13. The van der Waals surface area contributed by atoms with Gasteiger partial charge in [-0.15, -0.1) is 10.1 Å². The fourth-order valence-electron chi connectivity index (χ4n) is 0.0638. The van der Waals surface area contributed by atoms with E-state index in [0.717, 1.165) is 0 Å². The molecule has 0 spiro atoms. The molecule has 0 saturated heterocycles. The maximum atomic E-state index is 9.15. The molecule has 0 aromatic carbocycles. The van der Waals surface area contributed by atoms with Crippen LogP contribution in [0.5, 0.6) is 0 Å². The summed E-state index contributed by atoms with van der Waals surface area (Å²) in [6, 6.07) is 0. The maximum Gasteiger partial charge on any atom is 1.00 e. The predicted molar refractivity (Wildman–Crippen MR) is 17.2 cm³/mol. The zero-order valence-electron chi connectivity index (χ0n) is 5.33. The van der Waals surface area contributed by atoms with Gasteiger partial charge in [0.1, 0.15) is 0 Å². The van der Waals surface area contributed by atoms with Gasteiger partial charge in [0.25, 0.3) is 0 Å². The Morgan fingerprint density at radius 1 is 1.78 bits per heavy atom. The number of carboxylic acid groups (broad SMARTS) is 1. The Hall–Kier alpha value is 0.189. The molecule has 0 aromatic heterocycles. The van der Waals surface area contributed by atoms with Crippen LogP contribution in [0.1, 0.15) is 1.43 Å². The van der Waals surface area contributed by atoms with Crippen molar-refractivity contribution in [2.24, 2.45) is 0 Å². The summed E-state index contributed by atoms with van der Waals surface area (Å²) in [5, 5.41) is 15.0. The second-order valence-electron chi connectivity index (χ2n) is 0.581. The van der Waals surface area contributed by atoms with Crippen LogP contribution in [-0.4, -0.2) is 16.3 Å². The largest absolute Gasteiger partial charge is 1.00 e. The smallest absolute Gasteiger partial charge is 1.00 e. The van der Waals surface area contributed by atoms with E-state index < -0.39 is 11.2 Å². The van der Waals surface area contributed by atoms with Crippen molar-refractivity contribution in [1.29, 1.82) is 0 Å². The van der Waals surface area contributed by atoms with Gasteiger partial charge in [-0.3, -0.25) is 0 Å². The van der Waals surface area contributed by atoms with Gasteiger partial charge in [0.15, 0.2) is 0 Å². The monoisotopic (exact) mass is 194 g/mol. The predicted octanol–water partition coefficient (Wildman–Crippen LogP) is -3.01. The van der Waals surface area contributed by atoms with Crippen LogP contribution in [0.25, 0.3) is 0 Å². The summed E-state index contributed by atoms with van der Waals surface area (Å²) < 4.78 is 0. The molecule has 0 heterocycles. The van der Waals surface area contributed by atoms with Gasteiger partial charge in [-0.05, 0) is 0 Å². The van der Waals surface area contributed by atoms with Crippen molar-refractivity contribution in [1.82, 2.24) is 0 Å². The van der Waals surface area contributed by atoms with Crippen LogP contribution in [0.15, 0.2) is 0 Å². The Morgan fingerprint density at radius 2 is 2.11 bits per heavy atom. The molecule has 0 aliphatic heterocycles. The Kier molecular flexibility index (Phi) is 14.6. The molecule has 0 unspecified atom stereocenters. The summed E-state index contributed by atoms with van der Waals surface area (Å²) >= 11 is 0. The third kappa shape index (κ3) is 17.9. The average Bonchev–Trinajstić information content (AvgIpc) is 1.27. The quantitative estimate of drug-likeness (QED) is 0.273. The molecule has 0 aliphatic carbocycles. The summed E-state index contributed by atoms with van der Waals surface area (Å²) in [5.41, 5.74) is 0. The normalized spacial score (nSPS) is 5.78. The van der Waals surface area contributed by atoms with Crippen LogP contribution in [0.4, 0.5) is 4.79 Å². The molecule has 0 amide bonds. The van der Waals surface area contributed by atoms with E-state index in [2.05, 4.69) is 4.84 Å². The fraction of sp³-hybridized carbons (Fsp3) is 0. The zero-order valence-corrected chi connectivity index (χ0v) is 7.27. The SMILES string of the molecule is O=C(O)O[N+](=O)[O-].[Cu].[H-].[Na+]. The minimum atomic E-state index is -1.91. The van der Waals surface area contributed by atoms with Crippen LogP contribution < -0.4 is 29.6 Å². The Balaban J connectivity index is -0.0000000600. The molecule has 0 saturated carbocycles. The van der Waals surface area contributed by atoms with E-state index in [1.807, 2.05) is 0 Å². The van der Waals surface area contributed by atoms with Gasteiger partial charge in [-0.25, -0.2) is 4.79 Å². The topological polar surface area (TPSA) is 89.7 Å². The molecule has 0 atom stereocenters. The zero-order chi connectivity index (χ0) is 5.86. The third-order valence-electron chi connectivity index (χ3n) is 0.153. The summed E-state index contributed by atoms with van der Waals surface area (Å²) in [6.07, 6.45) is -1.91. The molecule has 0 aromatic rings. The van der Waals surface area contributed by atoms with Gasteiger partial charge in [0.05, 0.1) is 0 Å². The van der Waals surface area contributed by atoms with E-state index in [1.54, 1.807) is 0 Å². The van der Waals surface area contributed by atoms with E-state index in [4.69, 9.17) is 20.0 Å². The van der Waals surface area contributed by atoms with Gasteiger partial charge in [0.2, 0.25) is 0 Å². The van der Waals surface area contributed by atoms with Crippen molar-refractivity contribution in [2.75, 3.05) is 0 Å². The second-order valence-corrected chi connectivity index (χ2v) is 0.581. The van der Waals surface area contributed by atoms with Gasteiger partial charge in [-0.1, -0.05) is 0 Å². The summed E-state index contributed by atoms with van der Waals surface area (Å²) in [6.45, 7) is 0. The van der Waals surface area contributed by atoms with Crippen LogP contribution >= 0.6 is 0 Å². The van der Waals surface area contributed by atoms with Crippen LogP contribution in [-0.2, 0) is 21.9 Å². The van der Waals surface area contributed by atoms with Crippen LogP contribution in [0.2, 0.25) is 0 Å². The molecule has 0 aliphatic rings. The van der Waals surface area contributed by atoms with E-state index in [-0.39, 0.29) is 48.1 Å². The number of nitrogens with zero attached hydrogens (tertiary/aromatic N) is 1. The van der Waals surface area contributed by atoms with Gasteiger partial charge >= 0.3 is 40.8 Å². The fourth-order valence-corrected chi connectivity index (χ4v) is 0.0638.